The molecule has 112 valence electrons. The summed E-state index contributed by atoms with van der Waals surface area (Å²) >= 11 is 0. The number of benzene rings is 1. The first-order valence-corrected chi connectivity index (χ1v) is 7.88. The van der Waals surface area contributed by atoms with Crippen LogP contribution in [0.4, 0.5) is 5.69 Å². The zero-order valence-electron chi connectivity index (χ0n) is 12.9. The Morgan fingerprint density at radius 2 is 1.85 bits per heavy atom. The summed E-state index contributed by atoms with van der Waals surface area (Å²) in [4.78, 5) is 2.50. The molecule has 2 rings (SSSR count). The lowest BCUT2D eigenvalue weighted by atomic mass is 9.79. The Bertz CT molecular complexity index is 374. The van der Waals surface area contributed by atoms with E-state index >= 15 is 0 Å². The summed E-state index contributed by atoms with van der Waals surface area (Å²) in [6.45, 7) is 10.5. The van der Waals surface area contributed by atoms with E-state index in [1.54, 1.807) is 0 Å². The highest BCUT2D eigenvalue weighted by molar-refractivity contribution is 5.46. The van der Waals surface area contributed by atoms with E-state index in [1.807, 2.05) is 0 Å². The Balaban J connectivity index is 2.08. The van der Waals surface area contributed by atoms with E-state index in [2.05, 4.69) is 54.4 Å². The number of nitrogens with zero attached hydrogens (tertiary/aromatic N) is 1. The second-order valence-electron chi connectivity index (χ2n) is 5.74. The molecule has 1 saturated heterocycles. The van der Waals surface area contributed by atoms with Crippen molar-refractivity contribution in [2.24, 2.45) is 5.41 Å². The first-order valence-electron chi connectivity index (χ1n) is 7.88. The molecule has 1 N–H and O–H groups in total. The van der Waals surface area contributed by atoms with Crippen LogP contribution in [0.2, 0.25) is 0 Å². The lowest BCUT2D eigenvalue weighted by molar-refractivity contribution is 0.0186. The highest BCUT2D eigenvalue weighted by Crippen LogP contribution is 2.32. The van der Waals surface area contributed by atoms with Crippen molar-refractivity contribution >= 4 is 5.69 Å². The summed E-state index contributed by atoms with van der Waals surface area (Å²) in [6.07, 6.45) is 2.31. The minimum absolute atomic E-state index is 0.347. The van der Waals surface area contributed by atoms with Gasteiger partial charge in [-0.3, -0.25) is 0 Å². The minimum atomic E-state index is 0.347. The van der Waals surface area contributed by atoms with Gasteiger partial charge < -0.3 is 15.0 Å². The van der Waals surface area contributed by atoms with Gasteiger partial charge in [-0.1, -0.05) is 25.1 Å². The molecule has 0 saturated carbocycles. The van der Waals surface area contributed by atoms with Crippen LogP contribution in [0.3, 0.4) is 0 Å². The van der Waals surface area contributed by atoms with Gasteiger partial charge in [-0.05, 0) is 38.4 Å². The molecule has 20 heavy (non-hydrogen) atoms. The Morgan fingerprint density at radius 3 is 2.45 bits per heavy atom. The fraction of sp³-hybridized carbons (Fsp3) is 0.647. The first kappa shape index (κ1) is 15.3. The molecule has 0 bridgehead atoms. The van der Waals surface area contributed by atoms with Gasteiger partial charge in [0.15, 0.2) is 0 Å². The molecule has 0 amide bonds. The Labute approximate surface area is 123 Å². The Morgan fingerprint density at radius 1 is 1.15 bits per heavy atom. The summed E-state index contributed by atoms with van der Waals surface area (Å²) < 4.78 is 5.58. The number of anilines is 1. The van der Waals surface area contributed by atoms with Crippen LogP contribution >= 0.6 is 0 Å². The van der Waals surface area contributed by atoms with Crippen molar-refractivity contribution in [3.8, 4) is 0 Å². The molecule has 0 unspecified atom stereocenters. The van der Waals surface area contributed by atoms with Crippen molar-refractivity contribution in [3.63, 3.8) is 0 Å². The van der Waals surface area contributed by atoms with Crippen LogP contribution in [-0.4, -0.2) is 39.4 Å². The summed E-state index contributed by atoms with van der Waals surface area (Å²) in [5.41, 5.74) is 1.68. The molecule has 3 heteroatoms. The molecule has 1 aromatic rings. The molecule has 0 aliphatic carbocycles. The molecule has 0 atom stereocenters. The van der Waals surface area contributed by atoms with Crippen molar-refractivity contribution in [1.29, 1.82) is 0 Å². The topological polar surface area (TPSA) is 24.5 Å². The summed E-state index contributed by atoms with van der Waals surface area (Å²) in [6, 6.07) is 10.8. The van der Waals surface area contributed by atoms with Gasteiger partial charge in [-0.2, -0.15) is 0 Å². The fourth-order valence-electron chi connectivity index (χ4n) is 3.01. The van der Waals surface area contributed by atoms with Gasteiger partial charge in [0, 0.05) is 44.0 Å². The smallest absolute Gasteiger partial charge is 0.0472 e. The molecular formula is C17H28N2O. The van der Waals surface area contributed by atoms with Gasteiger partial charge in [0.25, 0.3) is 0 Å². The minimum Gasteiger partial charge on any atom is -0.381 e. The van der Waals surface area contributed by atoms with Gasteiger partial charge in [-0.25, -0.2) is 0 Å². The molecule has 0 aromatic heterocycles. The zero-order chi connectivity index (χ0) is 14.3. The van der Waals surface area contributed by atoms with Crippen molar-refractivity contribution in [1.82, 2.24) is 5.32 Å². The van der Waals surface area contributed by atoms with E-state index in [0.717, 1.165) is 52.2 Å². The second-order valence-corrected chi connectivity index (χ2v) is 5.74. The third-order valence-corrected chi connectivity index (χ3v) is 4.33. The number of nitrogens with one attached hydrogen (secondary N) is 1. The maximum atomic E-state index is 5.58. The number of para-hydroxylation sites is 1. The van der Waals surface area contributed by atoms with E-state index in [-0.39, 0.29) is 0 Å². The molecule has 1 aliphatic heterocycles. The molecule has 0 radical (unpaired) electrons. The number of hydrogen-bond donors (Lipinski definition) is 1. The maximum absolute atomic E-state index is 5.58. The average Bonchev–Trinajstić information content (AvgIpc) is 2.53. The van der Waals surface area contributed by atoms with Crippen LogP contribution in [0.25, 0.3) is 0 Å². The van der Waals surface area contributed by atoms with Crippen molar-refractivity contribution < 1.29 is 4.74 Å². The van der Waals surface area contributed by atoms with Crippen LogP contribution in [0.5, 0.6) is 0 Å². The van der Waals surface area contributed by atoms with Crippen molar-refractivity contribution in [3.05, 3.63) is 30.3 Å². The fourth-order valence-corrected chi connectivity index (χ4v) is 3.01. The van der Waals surface area contributed by atoms with E-state index in [9.17, 15) is 0 Å². The SMILES string of the molecule is CCNCC1(CN(CC)c2ccccc2)CCOCC1. The van der Waals surface area contributed by atoms with Gasteiger partial charge in [0.1, 0.15) is 0 Å². The predicted molar refractivity (Wildman–Crippen MR) is 85.4 cm³/mol. The van der Waals surface area contributed by atoms with E-state index in [1.165, 1.54) is 5.69 Å². The summed E-state index contributed by atoms with van der Waals surface area (Å²) in [7, 11) is 0. The monoisotopic (exact) mass is 276 g/mol. The Kier molecular flexibility index (Phi) is 5.86. The van der Waals surface area contributed by atoms with Gasteiger partial charge >= 0.3 is 0 Å². The largest absolute Gasteiger partial charge is 0.381 e. The Hall–Kier alpha value is -1.06. The van der Waals surface area contributed by atoms with E-state index < -0.39 is 0 Å². The predicted octanol–water partition coefficient (Wildman–Crippen LogP) is 2.92. The lowest BCUT2D eigenvalue weighted by Gasteiger charge is -2.41. The molecule has 3 nitrogen and oxygen atoms in total. The summed E-state index contributed by atoms with van der Waals surface area (Å²) in [5.74, 6) is 0. The van der Waals surface area contributed by atoms with E-state index in [0.29, 0.717) is 5.41 Å². The zero-order valence-corrected chi connectivity index (χ0v) is 12.9. The number of ether oxygens (including phenoxy) is 1. The van der Waals surface area contributed by atoms with Gasteiger partial charge in [0.05, 0.1) is 0 Å². The highest BCUT2D eigenvalue weighted by Gasteiger charge is 2.33. The normalized spacial score (nSPS) is 17.9. The average molecular weight is 276 g/mol. The van der Waals surface area contributed by atoms with Gasteiger partial charge in [-0.15, -0.1) is 0 Å². The third-order valence-electron chi connectivity index (χ3n) is 4.33. The van der Waals surface area contributed by atoms with Gasteiger partial charge in [0.2, 0.25) is 0 Å². The van der Waals surface area contributed by atoms with Crippen LogP contribution < -0.4 is 10.2 Å². The van der Waals surface area contributed by atoms with Crippen LogP contribution in [-0.2, 0) is 4.74 Å². The number of hydrogen-bond acceptors (Lipinski definition) is 3. The number of rotatable bonds is 7. The molecule has 1 heterocycles. The third kappa shape index (κ3) is 3.97. The van der Waals surface area contributed by atoms with Crippen molar-refractivity contribution in [2.45, 2.75) is 26.7 Å². The molecule has 1 fully saturated rings. The van der Waals surface area contributed by atoms with Crippen molar-refractivity contribution in [2.75, 3.05) is 44.3 Å². The lowest BCUT2D eigenvalue weighted by Crippen LogP contribution is -2.47. The van der Waals surface area contributed by atoms with Crippen LogP contribution in [0.15, 0.2) is 30.3 Å². The molecule has 1 aliphatic rings. The molecule has 1 aromatic carbocycles. The standard InChI is InChI=1S/C17H28N2O/c1-3-18-14-17(10-12-20-13-11-17)15-19(4-2)16-8-6-5-7-9-16/h5-9,18H,3-4,10-15H2,1-2H3. The molecule has 0 spiro atoms. The summed E-state index contributed by atoms with van der Waals surface area (Å²) in [5, 5.41) is 3.56. The molecular weight excluding hydrogens is 248 g/mol. The highest BCUT2D eigenvalue weighted by atomic mass is 16.5. The maximum Gasteiger partial charge on any atom is 0.0472 e. The van der Waals surface area contributed by atoms with E-state index in [4.69, 9.17) is 4.74 Å². The van der Waals surface area contributed by atoms with Crippen LogP contribution in [0.1, 0.15) is 26.7 Å². The second kappa shape index (κ2) is 7.65. The quantitative estimate of drug-likeness (QED) is 0.828. The van der Waals surface area contributed by atoms with Crippen LogP contribution in [0, 0.1) is 5.41 Å². The first-order chi connectivity index (χ1) is 9.79.